The Morgan fingerprint density at radius 3 is 2.04 bits per heavy atom. The van der Waals surface area contributed by atoms with E-state index in [9.17, 15) is 0 Å². The van der Waals surface area contributed by atoms with Gasteiger partial charge in [-0.15, -0.1) is 11.3 Å². The van der Waals surface area contributed by atoms with Crippen LogP contribution in [0.2, 0.25) is 0 Å². The molecule has 0 radical (unpaired) electrons. The molecule has 0 N–H and O–H groups in total. The van der Waals surface area contributed by atoms with Gasteiger partial charge in [-0.2, -0.15) is 0 Å². The Balaban J connectivity index is 1.25. The van der Waals surface area contributed by atoms with E-state index in [1.807, 2.05) is 11.3 Å². The second-order valence-electron chi connectivity index (χ2n) is 14.1. The predicted octanol–water partition coefficient (Wildman–Crippen LogP) is 14.3. The Hall–Kier alpha value is -5.96. The number of rotatable bonds is 5. The van der Waals surface area contributed by atoms with Crippen LogP contribution in [0.3, 0.4) is 0 Å². The van der Waals surface area contributed by atoms with Gasteiger partial charge >= 0.3 is 0 Å². The first kappa shape index (κ1) is 29.9. The van der Waals surface area contributed by atoms with Gasteiger partial charge in [0.05, 0.1) is 5.69 Å². The lowest BCUT2D eigenvalue weighted by atomic mass is 9.82. The molecule has 242 valence electrons. The van der Waals surface area contributed by atoms with Gasteiger partial charge in [0.1, 0.15) is 0 Å². The third kappa shape index (κ3) is 4.75. The van der Waals surface area contributed by atoms with Crippen LogP contribution in [0.5, 0.6) is 0 Å². The highest BCUT2D eigenvalue weighted by atomic mass is 32.1. The summed E-state index contributed by atoms with van der Waals surface area (Å²) in [6.45, 7) is 4.70. The van der Waals surface area contributed by atoms with Crippen molar-refractivity contribution >= 4 is 59.3 Å². The highest BCUT2D eigenvalue weighted by Crippen LogP contribution is 2.52. The van der Waals surface area contributed by atoms with Crippen molar-refractivity contribution in [3.05, 3.63) is 187 Å². The lowest BCUT2D eigenvalue weighted by Gasteiger charge is -2.30. The fourth-order valence-corrected chi connectivity index (χ4v) is 9.51. The van der Waals surface area contributed by atoms with Crippen molar-refractivity contribution in [2.45, 2.75) is 19.3 Å². The summed E-state index contributed by atoms with van der Waals surface area (Å²) in [5.74, 6) is 0. The minimum atomic E-state index is -0.0592. The van der Waals surface area contributed by atoms with E-state index in [-0.39, 0.29) is 5.41 Å². The zero-order chi connectivity index (χ0) is 34.1. The maximum atomic E-state index is 2.48. The highest BCUT2D eigenvalue weighted by Gasteiger charge is 2.35. The molecule has 1 aliphatic carbocycles. The van der Waals surface area contributed by atoms with Crippen LogP contribution in [-0.4, -0.2) is 0 Å². The summed E-state index contributed by atoms with van der Waals surface area (Å²) in [5.41, 5.74) is 13.6. The first-order chi connectivity index (χ1) is 25.0. The molecule has 0 spiro atoms. The molecule has 2 heteroatoms. The van der Waals surface area contributed by atoms with Crippen LogP contribution >= 0.6 is 11.3 Å². The van der Waals surface area contributed by atoms with Crippen LogP contribution in [0.25, 0.3) is 64.3 Å². The number of hydrogen-bond donors (Lipinski definition) is 0. The van der Waals surface area contributed by atoms with Gasteiger partial charge in [-0.05, 0) is 92.2 Å². The Labute approximate surface area is 302 Å². The Bertz CT molecular complexity index is 2790. The van der Waals surface area contributed by atoms with Gasteiger partial charge in [0.15, 0.2) is 0 Å². The summed E-state index contributed by atoms with van der Waals surface area (Å²) in [5, 5.41) is 5.11. The number of hydrogen-bond acceptors (Lipinski definition) is 2. The van der Waals surface area contributed by atoms with Gasteiger partial charge < -0.3 is 4.90 Å². The average molecular weight is 670 g/mol. The third-order valence-corrected chi connectivity index (χ3v) is 12.0. The summed E-state index contributed by atoms with van der Waals surface area (Å²) < 4.78 is 2.63. The molecular weight excluding hydrogens is 635 g/mol. The molecular formula is C49H35NS. The molecule has 51 heavy (non-hydrogen) atoms. The van der Waals surface area contributed by atoms with E-state index in [0.717, 1.165) is 17.1 Å². The molecule has 0 bridgehead atoms. The van der Waals surface area contributed by atoms with E-state index >= 15 is 0 Å². The molecule has 1 aromatic heterocycles. The zero-order valence-corrected chi connectivity index (χ0v) is 29.4. The zero-order valence-electron chi connectivity index (χ0n) is 28.6. The van der Waals surface area contributed by atoms with Crippen molar-refractivity contribution in [1.29, 1.82) is 0 Å². The molecule has 0 aliphatic heterocycles. The monoisotopic (exact) mass is 669 g/mol. The lowest BCUT2D eigenvalue weighted by molar-refractivity contribution is 0.660. The van der Waals surface area contributed by atoms with Gasteiger partial charge in [-0.1, -0.05) is 147 Å². The molecule has 1 nitrogen and oxygen atoms in total. The molecule has 0 saturated heterocycles. The standard InChI is InChI=1S/C49H35NS/c1-49(2)43-21-10-8-19-39(43)42-31-37(25-27-44(42)49)50(36-17-12-16-34(29-36)32-13-4-3-5-14-32)45-28-24-33-15-6-7-18-38(33)48(45)35-23-26-41-40-20-9-11-22-46(40)51-47(41)30-35/h3-31H,1-2H3. The molecule has 0 amide bonds. The molecule has 10 rings (SSSR count). The van der Waals surface area contributed by atoms with Crippen LogP contribution in [0, 0.1) is 0 Å². The maximum absolute atomic E-state index is 2.48. The summed E-state index contributed by atoms with van der Waals surface area (Å²) >= 11 is 1.88. The van der Waals surface area contributed by atoms with Crippen molar-refractivity contribution < 1.29 is 0 Å². The van der Waals surface area contributed by atoms with Crippen LogP contribution < -0.4 is 4.90 Å². The fourth-order valence-electron chi connectivity index (χ4n) is 8.36. The maximum Gasteiger partial charge on any atom is 0.0546 e. The molecule has 9 aromatic rings. The number of nitrogens with zero attached hydrogens (tertiary/aromatic N) is 1. The Morgan fingerprint density at radius 2 is 1.14 bits per heavy atom. The summed E-state index contributed by atoms with van der Waals surface area (Å²) in [4.78, 5) is 2.48. The predicted molar refractivity (Wildman–Crippen MR) is 220 cm³/mol. The third-order valence-electron chi connectivity index (χ3n) is 10.9. The number of benzene rings is 8. The van der Waals surface area contributed by atoms with Gasteiger partial charge in [0, 0.05) is 42.5 Å². The van der Waals surface area contributed by atoms with Crippen molar-refractivity contribution in [3.63, 3.8) is 0 Å². The van der Waals surface area contributed by atoms with Crippen LogP contribution in [0.4, 0.5) is 17.1 Å². The minimum Gasteiger partial charge on any atom is -0.310 e. The topological polar surface area (TPSA) is 3.24 Å². The second-order valence-corrected chi connectivity index (χ2v) is 15.2. The SMILES string of the molecule is CC1(C)c2ccccc2-c2cc(N(c3cccc(-c4ccccc4)c3)c3ccc4ccccc4c3-c3ccc4c(c3)sc3ccccc34)ccc21. The fraction of sp³-hybridized carbons (Fsp3) is 0.0612. The summed E-state index contributed by atoms with van der Waals surface area (Å²) in [6, 6.07) is 65.0. The van der Waals surface area contributed by atoms with Crippen molar-refractivity contribution in [3.8, 4) is 33.4 Å². The summed E-state index contributed by atoms with van der Waals surface area (Å²) in [6.07, 6.45) is 0. The highest BCUT2D eigenvalue weighted by molar-refractivity contribution is 7.25. The van der Waals surface area contributed by atoms with E-state index in [0.29, 0.717) is 0 Å². The molecule has 0 unspecified atom stereocenters. The molecule has 1 aliphatic rings. The summed E-state index contributed by atoms with van der Waals surface area (Å²) in [7, 11) is 0. The van der Waals surface area contributed by atoms with Gasteiger partial charge in [0.25, 0.3) is 0 Å². The van der Waals surface area contributed by atoms with E-state index in [1.165, 1.54) is 75.5 Å². The average Bonchev–Trinajstić information content (AvgIpc) is 3.66. The van der Waals surface area contributed by atoms with E-state index in [4.69, 9.17) is 0 Å². The molecule has 0 atom stereocenters. The van der Waals surface area contributed by atoms with Gasteiger partial charge in [-0.3, -0.25) is 0 Å². The van der Waals surface area contributed by atoms with Crippen molar-refractivity contribution in [1.82, 2.24) is 0 Å². The van der Waals surface area contributed by atoms with Crippen LogP contribution in [-0.2, 0) is 5.41 Å². The molecule has 0 fully saturated rings. The molecule has 1 heterocycles. The smallest absolute Gasteiger partial charge is 0.0546 e. The van der Waals surface area contributed by atoms with Gasteiger partial charge in [-0.25, -0.2) is 0 Å². The lowest BCUT2D eigenvalue weighted by Crippen LogP contribution is -2.15. The van der Waals surface area contributed by atoms with Crippen molar-refractivity contribution in [2.24, 2.45) is 0 Å². The van der Waals surface area contributed by atoms with E-state index in [2.05, 4.69) is 195 Å². The number of anilines is 3. The normalized spacial score (nSPS) is 13.1. The van der Waals surface area contributed by atoms with E-state index in [1.54, 1.807) is 0 Å². The van der Waals surface area contributed by atoms with Crippen LogP contribution in [0.15, 0.2) is 176 Å². The van der Waals surface area contributed by atoms with Crippen molar-refractivity contribution in [2.75, 3.05) is 4.90 Å². The molecule has 8 aromatic carbocycles. The quantitative estimate of drug-likeness (QED) is 0.176. The first-order valence-electron chi connectivity index (χ1n) is 17.7. The van der Waals surface area contributed by atoms with Gasteiger partial charge in [0.2, 0.25) is 0 Å². The first-order valence-corrected chi connectivity index (χ1v) is 18.5. The minimum absolute atomic E-state index is 0.0592. The molecule has 0 saturated carbocycles. The second kappa shape index (κ2) is 11.6. The Kier molecular flexibility index (Phi) is 6.78. The number of thiophene rings is 1. The van der Waals surface area contributed by atoms with Crippen LogP contribution in [0.1, 0.15) is 25.0 Å². The largest absolute Gasteiger partial charge is 0.310 e. The number of fused-ring (bicyclic) bond motifs is 7. The van der Waals surface area contributed by atoms with E-state index < -0.39 is 0 Å². The Morgan fingerprint density at radius 1 is 0.431 bits per heavy atom.